The van der Waals surface area contributed by atoms with Crippen molar-refractivity contribution in [3.63, 3.8) is 0 Å². The highest BCUT2D eigenvalue weighted by molar-refractivity contribution is 5.94. The van der Waals surface area contributed by atoms with Crippen LogP contribution in [0.4, 0.5) is 10.1 Å². The number of carbonyl (C=O) groups is 1. The average Bonchev–Trinajstić information content (AvgIpc) is 2.34. The Morgan fingerprint density at radius 2 is 1.95 bits per heavy atom. The van der Waals surface area contributed by atoms with Crippen molar-refractivity contribution in [3.8, 4) is 0 Å². The van der Waals surface area contributed by atoms with Crippen molar-refractivity contribution < 1.29 is 9.18 Å². The SMILES string of the molecule is CCN(CCCN(C)C)c1ccc(C(C)=O)cc1F. The molecule has 0 amide bonds. The Morgan fingerprint density at radius 1 is 1.26 bits per heavy atom. The third kappa shape index (κ3) is 4.63. The second-order valence-electron chi connectivity index (χ2n) is 4.96. The van der Waals surface area contributed by atoms with Crippen LogP contribution >= 0.6 is 0 Å². The van der Waals surface area contributed by atoms with E-state index >= 15 is 0 Å². The number of hydrogen-bond donors (Lipinski definition) is 0. The van der Waals surface area contributed by atoms with Crippen LogP contribution in [0.15, 0.2) is 18.2 Å². The number of hydrogen-bond acceptors (Lipinski definition) is 3. The molecular formula is C15H23FN2O. The summed E-state index contributed by atoms with van der Waals surface area (Å²) < 4.78 is 14.0. The molecule has 0 aliphatic carbocycles. The molecule has 0 unspecified atom stereocenters. The molecule has 1 aromatic carbocycles. The van der Waals surface area contributed by atoms with Gasteiger partial charge in [0.05, 0.1) is 5.69 Å². The summed E-state index contributed by atoms with van der Waals surface area (Å²) in [7, 11) is 4.05. The van der Waals surface area contributed by atoms with Crippen molar-refractivity contribution in [1.29, 1.82) is 0 Å². The van der Waals surface area contributed by atoms with Crippen LogP contribution in [0.3, 0.4) is 0 Å². The Kier molecular flexibility index (Phi) is 5.96. The number of anilines is 1. The van der Waals surface area contributed by atoms with Crippen LogP contribution in [-0.4, -0.2) is 44.4 Å². The molecule has 1 aromatic rings. The molecule has 0 aromatic heterocycles. The predicted octanol–water partition coefficient (Wildman–Crippen LogP) is 2.81. The van der Waals surface area contributed by atoms with Gasteiger partial charge in [0.2, 0.25) is 0 Å². The molecule has 0 bridgehead atoms. The molecule has 0 spiro atoms. The van der Waals surface area contributed by atoms with E-state index in [1.165, 1.54) is 13.0 Å². The normalized spacial score (nSPS) is 10.8. The van der Waals surface area contributed by atoms with Gasteiger partial charge in [-0.1, -0.05) is 0 Å². The summed E-state index contributed by atoms with van der Waals surface area (Å²) in [6.07, 6.45) is 0.981. The third-order valence-electron chi connectivity index (χ3n) is 3.11. The van der Waals surface area contributed by atoms with Gasteiger partial charge in [0.15, 0.2) is 5.78 Å². The molecule has 0 radical (unpaired) electrons. The Morgan fingerprint density at radius 3 is 2.42 bits per heavy atom. The lowest BCUT2D eigenvalue weighted by atomic mass is 10.1. The van der Waals surface area contributed by atoms with Gasteiger partial charge < -0.3 is 9.80 Å². The van der Waals surface area contributed by atoms with Crippen LogP contribution in [-0.2, 0) is 0 Å². The summed E-state index contributed by atoms with van der Waals surface area (Å²) in [5, 5.41) is 0. The number of Topliss-reactive ketones (excluding diaryl/α,β-unsaturated/α-hetero) is 1. The summed E-state index contributed by atoms with van der Waals surface area (Å²) in [5.74, 6) is -0.430. The largest absolute Gasteiger partial charge is 0.369 e. The minimum atomic E-state index is -0.320. The van der Waals surface area contributed by atoms with Crippen molar-refractivity contribution in [2.24, 2.45) is 0 Å². The number of rotatable bonds is 7. The Labute approximate surface area is 115 Å². The molecule has 0 N–H and O–H groups in total. The van der Waals surface area contributed by atoms with Gasteiger partial charge in [0.1, 0.15) is 5.82 Å². The van der Waals surface area contributed by atoms with Gasteiger partial charge >= 0.3 is 0 Å². The maximum Gasteiger partial charge on any atom is 0.159 e. The van der Waals surface area contributed by atoms with Gasteiger partial charge in [-0.3, -0.25) is 4.79 Å². The van der Waals surface area contributed by atoms with Crippen LogP contribution in [0.1, 0.15) is 30.6 Å². The van der Waals surface area contributed by atoms with Crippen LogP contribution in [0.5, 0.6) is 0 Å². The number of nitrogens with zero attached hydrogens (tertiary/aromatic N) is 2. The van der Waals surface area contributed by atoms with Crippen LogP contribution in [0.2, 0.25) is 0 Å². The lowest BCUT2D eigenvalue weighted by Crippen LogP contribution is -2.27. The third-order valence-corrected chi connectivity index (χ3v) is 3.11. The van der Waals surface area contributed by atoms with Gasteiger partial charge in [0.25, 0.3) is 0 Å². The maximum atomic E-state index is 14.0. The van der Waals surface area contributed by atoms with E-state index in [2.05, 4.69) is 4.90 Å². The standard InChI is InChI=1S/C15H23FN2O/c1-5-18(10-6-9-17(3)4)15-8-7-13(12(2)19)11-14(15)16/h7-8,11H,5-6,9-10H2,1-4H3. The number of benzene rings is 1. The van der Waals surface area contributed by atoms with Crippen molar-refractivity contribution in [3.05, 3.63) is 29.6 Å². The topological polar surface area (TPSA) is 23.6 Å². The summed E-state index contributed by atoms with van der Waals surface area (Å²) in [4.78, 5) is 15.3. The number of carbonyl (C=O) groups excluding carboxylic acids is 1. The maximum absolute atomic E-state index is 14.0. The zero-order chi connectivity index (χ0) is 14.4. The summed E-state index contributed by atoms with van der Waals surface area (Å²) >= 11 is 0. The highest BCUT2D eigenvalue weighted by Gasteiger charge is 2.11. The number of halogens is 1. The molecule has 4 heteroatoms. The highest BCUT2D eigenvalue weighted by Crippen LogP contribution is 2.21. The van der Waals surface area contributed by atoms with Crippen molar-refractivity contribution in [1.82, 2.24) is 4.90 Å². The van der Waals surface area contributed by atoms with Crippen molar-refractivity contribution in [2.75, 3.05) is 38.6 Å². The van der Waals surface area contributed by atoms with Crippen LogP contribution < -0.4 is 4.90 Å². The van der Waals surface area contributed by atoms with Crippen molar-refractivity contribution >= 4 is 11.5 Å². The Bertz CT molecular complexity index is 432. The summed E-state index contributed by atoms with van der Waals surface area (Å²) in [6, 6.07) is 4.72. The summed E-state index contributed by atoms with van der Waals surface area (Å²) in [5.41, 5.74) is 0.997. The van der Waals surface area contributed by atoms with Gasteiger partial charge in [-0.2, -0.15) is 0 Å². The van der Waals surface area contributed by atoms with Crippen LogP contribution in [0, 0.1) is 5.82 Å². The molecule has 0 aliphatic rings. The minimum Gasteiger partial charge on any atom is -0.369 e. The smallest absolute Gasteiger partial charge is 0.159 e. The molecule has 0 heterocycles. The first kappa shape index (κ1) is 15.6. The molecule has 0 aliphatic heterocycles. The van der Waals surface area contributed by atoms with Gasteiger partial charge in [0, 0.05) is 18.7 Å². The Hall–Kier alpha value is -1.42. The molecule has 3 nitrogen and oxygen atoms in total. The number of ketones is 1. The first-order valence-corrected chi connectivity index (χ1v) is 6.65. The molecule has 106 valence electrons. The molecule has 0 saturated heterocycles. The second kappa shape index (κ2) is 7.24. The lowest BCUT2D eigenvalue weighted by Gasteiger charge is -2.24. The van der Waals surface area contributed by atoms with Crippen LogP contribution in [0.25, 0.3) is 0 Å². The molecular weight excluding hydrogens is 243 g/mol. The lowest BCUT2D eigenvalue weighted by molar-refractivity contribution is 0.101. The fraction of sp³-hybridized carbons (Fsp3) is 0.533. The molecule has 19 heavy (non-hydrogen) atoms. The fourth-order valence-electron chi connectivity index (χ4n) is 2.01. The van der Waals surface area contributed by atoms with E-state index < -0.39 is 0 Å². The van der Waals surface area contributed by atoms with E-state index in [1.54, 1.807) is 12.1 Å². The first-order chi connectivity index (χ1) is 8.95. The van der Waals surface area contributed by atoms with Gasteiger partial charge in [-0.05, 0) is 59.1 Å². The van der Waals surface area contributed by atoms with E-state index in [-0.39, 0.29) is 11.6 Å². The van der Waals surface area contributed by atoms with Gasteiger partial charge in [-0.25, -0.2) is 4.39 Å². The predicted molar refractivity (Wildman–Crippen MR) is 77.5 cm³/mol. The Balaban J connectivity index is 2.78. The van der Waals surface area contributed by atoms with Gasteiger partial charge in [-0.15, -0.1) is 0 Å². The van der Waals surface area contributed by atoms with Crippen molar-refractivity contribution in [2.45, 2.75) is 20.3 Å². The van der Waals surface area contributed by atoms with E-state index in [9.17, 15) is 9.18 Å². The van der Waals surface area contributed by atoms with E-state index in [1.807, 2.05) is 25.9 Å². The highest BCUT2D eigenvalue weighted by atomic mass is 19.1. The minimum absolute atomic E-state index is 0.110. The second-order valence-corrected chi connectivity index (χ2v) is 4.96. The quantitative estimate of drug-likeness (QED) is 0.709. The molecule has 0 fully saturated rings. The van der Waals surface area contributed by atoms with E-state index in [4.69, 9.17) is 0 Å². The average molecular weight is 266 g/mol. The molecule has 0 atom stereocenters. The monoisotopic (exact) mass is 266 g/mol. The molecule has 0 saturated carbocycles. The fourth-order valence-corrected chi connectivity index (χ4v) is 2.01. The molecule has 1 rings (SSSR count). The van der Waals surface area contributed by atoms with E-state index in [0.717, 1.165) is 26.1 Å². The van der Waals surface area contributed by atoms with E-state index in [0.29, 0.717) is 11.3 Å². The first-order valence-electron chi connectivity index (χ1n) is 6.65. The summed E-state index contributed by atoms with van der Waals surface area (Å²) in [6.45, 7) is 6.00. The zero-order valence-corrected chi connectivity index (χ0v) is 12.2. The zero-order valence-electron chi connectivity index (χ0n) is 12.2.